The van der Waals surface area contributed by atoms with E-state index in [-0.39, 0.29) is 0 Å². The van der Waals surface area contributed by atoms with Gasteiger partial charge in [0.05, 0.1) is 28.2 Å². The van der Waals surface area contributed by atoms with Gasteiger partial charge in [0.25, 0.3) is 0 Å². The number of aromatic nitrogens is 2. The molecule has 0 spiro atoms. The lowest BCUT2D eigenvalue weighted by atomic mass is 10.7. The molecule has 5 heteroatoms. The van der Waals surface area contributed by atoms with E-state index >= 15 is 0 Å². The summed E-state index contributed by atoms with van der Waals surface area (Å²) in [5, 5.41) is 0.730. The quantitative estimate of drug-likeness (QED) is 0.550. The normalized spacial score (nSPS) is 12.4. The van der Waals surface area contributed by atoms with Crippen molar-refractivity contribution in [3.05, 3.63) is 30.1 Å². The van der Waals surface area contributed by atoms with Gasteiger partial charge in [-0.25, -0.2) is 9.97 Å². The van der Waals surface area contributed by atoms with Crippen LogP contribution in [0.1, 0.15) is 0 Å². The summed E-state index contributed by atoms with van der Waals surface area (Å²) in [6.07, 6.45) is 4.41. The fourth-order valence-electron chi connectivity index (χ4n) is 0.600. The molecule has 1 rings (SSSR count). The van der Waals surface area contributed by atoms with E-state index in [0.717, 1.165) is 0 Å². The number of hydrogen-bond donors (Lipinski definition) is 0. The predicted molar refractivity (Wildman–Crippen MR) is 48.5 cm³/mol. The zero-order valence-corrected chi connectivity index (χ0v) is 7.81. The molecule has 0 saturated heterocycles. The molecule has 0 amide bonds. The second kappa shape index (κ2) is 4.33. The monoisotopic (exact) mass is 202 g/mol. The third kappa shape index (κ3) is 2.39. The van der Waals surface area contributed by atoms with E-state index < -0.39 is 10.8 Å². The van der Waals surface area contributed by atoms with Crippen LogP contribution < -0.4 is 0 Å². The second-order valence-electron chi connectivity index (χ2n) is 1.98. The molecule has 0 aromatic carbocycles. The Balaban J connectivity index is 2.82. The zero-order valence-electron chi connectivity index (χ0n) is 6.24. The summed E-state index contributed by atoms with van der Waals surface area (Å²) in [6.45, 7) is 3.47. The predicted octanol–water partition coefficient (Wildman–Crippen LogP) is 1.42. The van der Waals surface area contributed by atoms with Gasteiger partial charge in [-0.2, -0.15) is 0 Å². The molecule has 0 N–H and O–H groups in total. The van der Waals surface area contributed by atoms with Crippen LogP contribution in [0.25, 0.3) is 0 Å². The van der Waals surface area contributed by atoms with Crippen LogP contribution in [0.4, 0.5) is 0 Å². The number of hydrogen-bond acceptors (Lipinski definition) is 3. The summed E-state index contributed by atoms with van der Waals surface area (Å²) in [5.41, 5.74) is 0. The number of halogens is 1. The lowest BCUT2D eigenvalue weighted by Gasteiger charge is -1.95. The van der Waals surface area contributed by atoms with Crippen LogP contribution >= 0.6 is 11.6 Å². The van der Waals surface area contributed by atoms with Crippen LogP contribution in [0.15, 0.2) is 30.2 Å². The molecule has 1 heterocycles. The van der Waals surface area contributed by atoms with Gasteiger partial charge in [-0.1, -0.05) is 17.7 Å². The van der Waals surface area contributed by atoms with Crippen LogP contribution in [0, 0.1) is 0 Å². The van der Waals surface area contributed by atoms with Gasteiger partial charge in [0.15, 0.2) is 0 Å². The molecule has 0 bridgehead atoms. The molecule has 0 aliphatic carbocycles. The van der Waals surface area contributed by atoms with Gasteiger partial charge < -0.3 is 0 Å². The summed E-state index contributed by atoms with van der Waals surface area (Å²) < 4.78 is 11.2. The highest BCUT2D eigenvalue weighted by Crippen LogP contribution is 2.05. The van der Waals surface area contributed by atoms with Gasteiger partial charge in [-0.15, -0.1) is 6.58 Å². The Labute approximate surface area is 78.0 Å². The summed E-state index contributed by atoms with van der Waals surface area (Å²) in [5.74, 6) is 0.363. The maximum Gasteiger partial charge on any atom is 0.218 e. The summed E-state index contributed by atoms with van der Waals surface area (Å²) in [6, 6.07) is 0. The molecular formula is C7H7ClN2OS. The molecule has 1 atom stereocenters. The van der Waals surface area contributed by atoms with Gasteiger partial charge in [0.1, 0.15) is 0 Å². The van der Waals surface area contributed by atoms with Crippen molar-refractivity contribution >= 4 is 22.4 Å². The van der Waals surface area contributed by atoms with Crippen molar-refractivity contribution < 1.29 is 4.21 Å². The van der Waals surface area contributed by atoms with E-state index in [1.165, 1.54) is 12.4 Å². The highest BCUT2D eigenvalue weighted by molar-refractivity contribution is 7.85. The van der Waals surface area contributed by atoms with Crippen LogP contribution in [-0.2, 0) is 10.8 Å². The molecule has 1 aromatic rings. The first kappa shape index (κ1) is 9.35. The SMILES string of the molecule is C=CCS(=O)c1ncc(Cl)cn1. The van der Waals surface area contributed by atoms with Crippen LogP contribution in [-0.4, -0.2) is 19.9 Å². The maximum atomic E-state index is 11.2. The van der Waals surface area contributed by atoms with Crippen LogP contribution in [0.2, 0.25) is 5.02 Å². The van der Waals surface area contributed by atoms with E-state index in [9.17, 15) is 4.21 Å². The molecule has 1 unspecified atom stereocenters. The fraction of sp³-hybridized carbons (Fsp3) is 0.143. The van der Waals surface area contributed by atoms with Crippen molar-refractivity contribution in [2.45, 2.75) is 5.16 Å². The van der Waals surface area contributed by atoms with Crippen molar-refractivity contribution in [1.29, 1.82) is 0 Å². The zero-order chi connectivity index (χ0) is 8.97. The molecule has 0 radical (unpaired) electrons. The topological polar surface area (TPSA) is 42.9 Å². The van der Waals surface area contributed by atoms with E-state index in [2.05, 4.69) is 16.5 Å². The van der Waals surface area contributed by atoms with E-state index in [4.69, 9.17) is 11.6 Å². The van der Waals surface area contributed by atoms with Gasteiger partial charge in [-0.05, 0) is 0 Å². The molecule has 1 aromatic heterocycles. The Morgan fingerprint density at radius 2 is 2.17 bits per heavy atom. The first-order chi connectivity index (χ1) is 5.74. The average Bonchev–Trinajstić information content (AvgIpc) is 2.06. The Hall–Kier alpha value is -0.740. The molecule has 0 aliphatic rings. The van der Waals surface area contributed by atoms with E-state index in [1.54, 1.807) is 6.08 Å². The number of rotatable bonds is 3. The number of nitrogens with zero attached hydrogens (tertiary/aromatic N) is 2. The van der Waals surface area contributed by atoms with Gasteiger partial charge >= 0.3 is 0 Å². The lowest BCUT2D eigenvalue weighted by Crippen LogP contribution is -2.00. The summed E-state index contributed by atoms with van der Waals surface area (Å²) >= 11 is 5.55. The Bertz CT molecular complexity index is 299. The van der Waals surface area contributed by atoms with E-state index in [1.807, 2.05) is 0 Å². The first-order valence-corrected chi connectivity index (χ1v) is 4.90. The van der Waals surface area contributed by atoms with Crippen molar-refractivity contribution in [3.8, 4) is 0 Å². The van der Waals surface area contributed by atoms with Crippen LogP contribution in [0.3, 0.4) is 0 Å². The molecule has 64 valence electrons. The molecule has 12 heavy (non-hydrogen) atoms. The first-order valence-electron chi connectivity index (χ1n) is 3.21. The Kier molecular flexibility index (Phi) is 3.37. The lowest BCUT2D eigenvalue weighted by molar-refractivity contribution is 0.677. The minimum atomic E-state index is -1.19. The van der Waals surface area contributed by atoms with Gasteiger partial charge in [0, 0.05) is 5.75 Å². The smallest absolute Gasteiger partial charge is 0.218 e. The van der Waals surface area contributed by atoms with Crippen molar-refractivity contribution in [1.82, 2.24) is 9.97 Å². The second-order valence-corrected chi connectivity index (χ2v) is 3.81. The van der Waals surface area contributed by atoms with Crippen molar-refractivity contribution in [2.24, 2.45) is 0 Å². The van der Waals surface area contributed by atoms with Crippen molar-refractivity contribution in [2.75, 3.05) is 5.75 Å². The summed E-state index contributed by atoms with van der Waals surface area (Å²) in [7, 11) is -1.19. The minimum absolute atomic E-state index is 0.291. The van der Waals surface area contributed by atoms with Gasteiger partial charge in [0.2, 0.25) is 5.16 Å². The minimum Gasteiger partial charge on any atom is -0.251 e. The summed E-state index contributed by atoms with van der Waals surface area (Å²) in [4.78, 5) is 7.61. The molecule has 0 saturated carbocycles. The third-order valence-electron chi connectivity index (χ3n) is 1.07. The van der Waals surface area contributed by atoms with Crippen molar-refractivity contribution in [3.63, 3.8) is 0 Å². The maximum absolute atomic E-state index is 11.2. The molecular weight excluding hydrogens is 196 g/mol. The highest BCUT2D eigenvalue weighted by atomic mass is 35.5. The standard InChI is InChI=1S/C7H7ClN2OS/c1-2-3-12(11)7-9-4-6(8)5-10-7/h2,4-5H,1,3H2. The third-order valence-corrected chi connectivity index (χ3v) is 2.42. The highest BCUT2D eigenvalue weighted by Gasteiger charge is 2.03. The Morgan fingerprint density at radius 1 is 1.58 bits per heavy atom. The molecule has 0 fully saturated rings. The van der Waals surface area contributed by atoms with E-state index in [0.29, 0.717) is 15.9 Å². The Morgan fingerprint density at radius 3 is 2.67 bits per heavy atom. The fourth-order valence-corrected chi connectivity index (χ4v) is 1.40. The molecule has 3 nitrogen and oxygen atoms in total. The van der Waals surface area contributed by atoms with Crippen LogP contribution in [0.5, 0.6) is 0 Å². The van der Waals surface area contributed by atoms with Gasteiger partial charge in [-0.3, -0.25) is 4.21 Å². The average molecular weight is 203 g/mol. The largest absolute Gasteiger partial charge is 0.251 e. The molecule has 0 aliphatic heterocycles.